The number of carbonyl (C=O) groups is 2. The number of amides is 2. The lowest BCUT2D eigenvalue weighted by Crippen LogP contribution is -2.26. The molecule has 4 heterocycles. The summed E-state index contributed by atoms with van der Waals surface area (Å²) in [6, 6.07) is 5.46. The molecule has 11 heteroatoms. The third-order valence-electron chi connectivity index (χ3n) is 4.05. The van der Waals surface area contributed by atoms with E-state index in [2.05, 4.69) is 25.1 Å². The van der Waals surface area contributed by atoms with Crippen LogP contribution in [0.4, 0.5) is 5.82 Å². The highest BCUT2D eigenvalue weighted by molar-refractivity contribution is 7.93. The third kappa shape index (κ3) is 2.56. The SMILES string of the molecule is O=C1C=C(n2ncc3cc(-c4cnc5c(n4)OCC(=O)N5)ccc32)S(=O)N1. The summed E-state index contributed by atoms with van der Waals surface area (Å²) >= 11 is 0. The van der Waals surface area contributed by atoms with Gasteiger partial charge in [0.25, 0.3) is 17.7 Å². The zero-order valence-corrected chi connectivity index (χ0v) is 14.3. The molecule has 1 unspecified atom stereocenters. The zero-order chi connectivity index (χ0) is 18.5. The maximum Gasteiger partial charge on any atom is 0.263 e. The molecule has 0 radical (unpaired) electrons. The maximum absolute atomic E-state index is 12.0. The van der Waals surface area contributed by atoms with E-state index in [1.54, 1.807) is 12.3 Å². The number of nitrogens with one attached hydrogen (secondary N) is 2. The zero-order valence-electron chi connectivity index (χ0n) is 13.5. The summed E-state index contributed by atoms with van der Waals surface area (Å²) in [6.07, 6.45) is 4.41. The Morgan fingerprint density at radius 3 is 2.93 bits per heavy atom. The average molecular weight is 382 g/mol. The fraction of sp³-hybridized carbons (Fsp3) is 0.0625. The number of carbonyl (C=O) groups excluding carboxylic acids is 2. The fourth-order valence-corrected chi connectivity index (χ4v) is 3.71. The minimum atomic E-state index is -1.63. The van der Waals surface area contributed by atoms with E-state index in [1.807, 2.05) is 12.1 Å². The second-order valence-corrected chi connectivity index (χ2v) is 6.95. The number of hydrogen-bond donors (Lipinski definition) is 2. The highest BCUT2D eigenvalue weighted by Crippen LogP contribution is 2.29. The number of benzene rings is 1. The Morgan fingerprint density at radius 2 is 2.11 bits per heavy atom. The fourth-order valence-electron chi connectivity index (χ4n) is 2.85. The van der Waals surface area contributed by atoms with Crippen molar-refractivity contribution < 1.29 is 18.5 Å². The number of anilines is 1. The summed E-state index contributed by atoms with van der Waals surface area (Å²) in [4.78, 5) is 31.3. The second kappa shape index (κ2) is 5.71. The quantitative estimate of drug-likeness (QED) is 0.657. The molecule has 0 spiro atoms. The van der Waals surface area contributed by atoms with Crippen molar-refractivity contribution in [1.29, 1.82) is 0 Å². The van der Waals surface area contributed by atoms with Gasteiger partial charge in [-0.25, -0.2) is 18.9 Å². The van der Waals surface area contributed by atoms with Gasteiger partial charge >= 0.3 is 0 Å². The van der Waals surface area contributed by atoms with E-state index in [0.29, 0.717) is 11.2 Å². The predicted octanol–water partition coefficient (Wildman–Crippen LogP) is 0.416. The van der Waals surface area contributed by atoms with E-state index in [1.165, 1.54) is 17.0 Å². The summed E-state index contributed by atoms with van der Waals surface area (Å²) in [5, 5.41) is 7.88. The molecule has 27 heavy (non-hydrogen) atoms. The van der Waals surface area contributed by atoms with Crippen molar-refractivity contribution in [3.05, 3.63) is 36.7 Å². The van der Waals surface area contributed by atoms with Crippen molar-refractivity contribution in [3.8, 4) is 17.1 Å². The van der Waals surface area contributed by atoms with Crippen LogP contribution in [0.15, 0.2) is 36.7 Å². The number of fused-ring (bicyclic) bond motifs is 2. The molecule has 5 rings (SSSR count). The van der Waals surface area contributed by atoms with Crippen LogP contribution >= 0.6 is 0 Å². The summed E-state index contributed by atoms with van der Waals surface area (Å²) in [6.45, 7) is -0.101. The molecule has 10 nitrogen and oxygen atoms in total. The van der Waals surface area contributed by atoms with E-state index in [0.717, 1.165) is 10.9 Å². The number of ether oxygens (including phenoxy) is 1. The Hall–Kier alpha value is -3.60. The van der Waals surface area contributed by atoms with Crippen LogP contribution in [-0.4, -0.2) is 42.4 Å². The van der Waals surface area contributed by atoms with Gasteiger partial charge in [-0.3, -0.25) is 14.3 Å². The average Bonchev–Trinajstić information content (AvgIpc) is 3.22. The molecular weight excluding hydrogens is 372 g/mol. The van der Waals surface area contributed by atoms with Crippen LogP contribution in [0.2, 0.25) is 0 Å². The molecule has 134 valence electrons. The molecule has 2 aromatic heterocycles. The highest BCUT2D eigenvalue weighted by atomic mass is 32.2. The molecule has 0 bridgehead atoms. The van der Waals surface area contributed by atoms with Gasteiger partial charge in [0.2, 0.25) is 0 Å². The minimum absolute atomic E-state index is 0.101. The molecular formula is C16H10N6O4S. The van der Waals surface area contributed by atoms with Crippen molar-refractivity contribution in [2.45, 2.75) is 0 Å². The summed E-state index contributed by atoms with van der Waals surface area (Å²) < 4.78 is 21.0. The minimum Gasteiger partial charge on any atom is -0.465 e. The van der Waals surface area contributed by atoms with E-state index < -0.39 is 16.9 Å². The van der Waals surface area contributed by atoms with Crippen molar-refractivity contribution >= 4 is 44.5 Å². The first kappa shape index (κ1) is 15.6. The lowest BCUT2D eigenvalue weighted by Gasteiger charge is -2.16. The van der Waals surface area contributed by atoms with E-state index in [9.17, 15) is 13.8 Å². The van der Waals surface area contributed by atoms with E-state index in [4.69, 9.17) is 4.74 Å². The van der Waals surface area contributed by atoms with Crippen LogP contribution in [0.1, 0.15) is 0 Å². The van der Waals surface area contributed by atoms with Crippen molar-refractivity contribution in [3.63, 3.8) is 0 Å². The Labute approximate surface area is 153 Å². The topological polar surface area (TPSA) is 128 Å². The first-order valence-electron chi connectivity index (χ1n) is 7.81. The number of aromatic nitrogens is 4. The first-order valence-corrected chi connectivity index (χ1v) is 8.96. The van der Waals surface area contributed by atoms with Gasteiger partial charge in [-0.1, -0.05) is 6.07 Å². The normalized spacial score (nSPS) is 18.5. The smallest absolute Gasteiger partial charge is 0.263 e. The molecule has 2 aliphatic heterocycles. The van der Waals surface area contributed by atoms with Gasteiger partial charge in [-0.05, 0) is 12.1 Å². The molecule has 0 aliphatic carbocycles. The van der Waals surface area contributed by atoms with Crippen LogP contribution in [0.3, 0.4) is 0 Å². The maximum atomic E-state index is 12.0. The summed E-state index contributed by atoms with van der Waals surface area (Å²) in [5.74, 6) is -0.138. The summed E-state index contributed by atoms with van der Waals surface area (Å²) in [7, 11) is -1.63. The molecule has 1 atom stereocenters. The number of rotatable bonds is 2. The molecule has 0 fully saturated rings. The molecule has 3 aromatic rings. The van der Waals surface area contributed by atoms with Gasteiger partial charge in [0, 0.05) is 17.0 Å². The van der Waals surface area contributed by atoms with Gasteiger partial charge in [0.15, 0.2) is 28.4 Å². The van der Waals surface area contributed by atoms with Crippen molar-refractivity contribution in [2.24, 2.45) is 0 Å². The largest absolute Gasteiger partial charge is 0.465 e. The molecule has 2 aliphatic rings. The molecule has 2 N–H and O–H groups in total. The lowest BCUT2D eigenvalue weighted by atomic mass is 10.1. The number of nitrogens with zero attached hydrogens (tertiary/aromatic N) is 4. The van der Waals surface area contributed by atoms with Gasteiger partial charge in [-0.15, -0.1) is 0 Å². The van der Waals surface area contributed by atoms with Crippen LogP contribution in [-0.2, 0) is 20.6 Å². The predicted molar refractivity (Wildman–Crippen MR) is 95.4 cm³/mol. The highest BCUT2D eigenvalue weighted by Gasteiger charge is 2.23. The van der Waals surface area contributed by atoms with Crippen LogP contribution in [0, 0.1) is 0 Å². The van der Waals surface area contributed by atoms with Crippen molar-refractivity contribution in [2.75, 3.05) is 11.9 Å². The van der Waals surface area contributed by atoms with Crippen molar-refractivity contribution in [1.82, 2.24) is 24.5 Å². The lowest BCUT2D eigenvalue weighted by molar-refractivity contribution is -0.118. The van der Waals surface area contributed by atoms with Crippen LogP contribution in [0.25, 0.3) is 27.2 Å². The Kier molecular flexibility index (Phi) is 3.31. The molecule has 0 saturated heterocycles. The molecule has 0 saturated carbocycles. The van der Waals surface area contributed by atoms with Gasteiger partial charge in [0.05, 0.1) is 23.6 Å². The van der Waals surface area contributed by atoms with E-state index >= 15 is 0 Å². The third-order valence-corrected chi connectivity index (χ3v) is 5.11. The van der Waals surface area contributed by atoms with Crippen LogP contribution in [0.5, 0.6) is 5.88 Å². The standard InChI is InChI=1S/C16H10N6O4S/c23-12-4-14(27(25)21-12)22-11-2-1-8(3-9(11)5-18-22)10-6-17-15-16(19-10)26-7-13(24)20-15/h1-6H,7H2,(H,21,23)(H,17,20,24). The van der Waals surface area contributed by atoms with Gasteiger partial charge < -0.3 is 10.1 Å². The second-order valence-electron chi connectivity index (χ2n) is 5.79. The molecule has 1 aromatic carbocycles. The Bertz CT molecular complexity index is 1200. The van der Waals surface area contributed by atoms with Gasteiger partial charge in [-0.2, -0.15) is 5.10 Å². The van der Waals surface area contributed by atoms with Gasteiger partial charge in [0.1, 0.15) is 0 Å². The van der Waals surface area contributed by atoms with Crippen LogP contribution < -0.4 is 14.8 Å². The Balaban J connectivity index is 1.55. The molecule has 2 amide bonds. The first-order chi connectivity index (χ1) is 13.1. The monoisotopic (exact) mass is 382 g/mol. The Morgan fingerprint density at radius 1 is 1.22 bits per heavy atom. The van der Waals surface area contributed by atoms with E-state index in [-0.39, 0.29) is 29.2 Å². The number of hydrogen-bond acceptors (Lipinski definition) is 7. The summed E-state index contributed by atoms with van der Waals surface area (Å²) in [5.41, 5.74) is 2.04.